The van der Waals surface area contributed by atoms with E-state index in [2.05, 4.69) is 159 Å². The van der Waals surface area contributed by atoms with Gasteiger partial charge in [-0.3, -0.25) is 0 Å². The molecule has 47 heavy (non-hydrogen) atoms. The molecule has 232 valence electrons. The zero-order chi connectivity index (χ0) is 32.0. The average molecular weight is 612 g/mol. The lowest BCUT2D eigenvalue weighted by molar-refractivity contribution is 0.591. The van der Waals surface area contributed by atoms with E-state index in [9.17, 15) is 0 Å². The van der Waals surface area contributed by atoms with E-state index in [0.29, 0.717) is 5.92 Å². The molecule has 2 nitrogen and oxygen atoms in total. The van der Waals surface area contributed by atoms with Crippen molar-refractivity contribution < 1.29 is 4.42 Å². The van der Waals surface area contributed by atoms with Crippen molar-refractivity contribution in [3.63, 3.8) is 0 Å². The van der Waals surface area contributed by atoms with Crippen LogP contribution in [0.3, 0.4) is 0 Å². The number of furan rings is 1. The third-order valence-electron chi connectivity index (χ3n) is 9.93. The lowest BCUT2D eigenvalue weighted by Gasteiger charge is -2.35. The normalized spacial score (nSPS) is 13.9. The molecular weight excluding hydrogens is 571 g/mol. The summed E-state index contributed by atoms with van der Waals surface area (Å²) in [5.74, 6) is 0.666. The Morgan fingerprint density at radius 1 is 0.553 bits per heavy atom. The third kappa shape index (κ3) is 5.52. The minimum absolute atomic E-state index is 0.144. The average Bonchev–Trinajstić information content (AvgIpc) is 3.78. The highest BCUT2D eigenvalue weighted by Gasteiger charge is 2.29. The maximum absolute atomic E-state index is 6.46. The molecule has 7 aromatic rings. The molecule has 0 unspecified atom stereocenters. The molecule has 1 heterocycles. The van der Waals surface area contributed by atoms with Crippen molar-refractivity contribution in [3.8, 4) is 22.3 Å². The third-order valence-corrected chi connectivity index (χ3v) is 9.93. The summed E-state index contributed by atoms with van der Waals surface area (Å²) in [5.41, 5.74) is 12.7. The maximum Gasteiger partial charge on any atom is 0.137 e. The summed E-state index contributed by atoms with van der Waals surface area (Å²) >= 11 is 0. The van der Waals surface area contributed by atoms with Crippen molar-refractivity contribution in [1.29, 1.82) is 0 Å². The fourth-order valence-corrected chi connectivity index (χ4v) is 7.50. The fourth-order valence-electron chi connectivity index (χ4n) is 7.50. The van der Waals surface area contributed by atoms with Crippen molar-refractivity contribution in [3.05, 3.63) is 151 Å². The molecule has 0 aliphatic heterocycles. The van der Waals surface area contributed by atoms with Crippen molar-refractivity contribution >= 4 is 39.0 Å². The Labute approximate surface area is 278 Å². The molecule has 0 radical (unpaired) electrons. The second-order valence-corrected chi connectivity index (χ2v) is 14.1. The monoisotopic (exact) mass is 611 g/mol. The first kappa shape index (κ1) is 29.3. The molecule has 1 aromatic heterocycles. The quantitative estimate of drug-likeness (QED) is 0.186. The maximum atomic E-state index is 6.46. The van der Waals surface area contributed by atoms with E-state index < -0.39 is 0 Å². The molecular formula is C45H41NO. The SMILES string of the molecule is CC(C)(C)c1cc(-c2ccccc2)cc(-c2ccccc2)c1N(c1ccc(C2CCCC2)cc1)c1ccc2c(c1)oc1ccccc12. The van der Waals surface area contributed by atoms with Gasteiger partial charge in [-0.15, -0.1) is 0 Å². The number of rotatable bonds is 6. The molecule has 0 atom stereocenters. The molecule has 1 aliphatic carbocycles. The topological polar surface area (TPSA) is 16.4 Å². The lowest BCUT2D eigenvalue weighted by atomic mass is 9.80. The van der Waals surface area contributed by atoms with Gasteiger partial charge in [0.2, 0.25) is 0 Å². The zero-order valence-electron chi connectivity index (χ0n) is 27.5. The van der Waals surface area contributed by atoms with Gasteiger partial charge < -0.3 is 9.32 Å². The first-order valence-electron chi connectivity index (χ1n) is 17.0. The Morgan fingerprint density at radius 2 is 1.17 bits per heavy atom. The molecule has 0 N–H and O–H groups in total. The number of anilines is 3. The van der Waals surface area contributed by atoms with E-state index >= 15 is 0 Å². The van der Waals surface area contributed by atoms with Crippen molar-refractivity contribution in [2.24, 2.45) is 0 Å². The first-order valence-corrected chi connectivity index (χ1v) is 17.0. The van der Waals surface area contributed by atoms with E-state index in [-0.39, 0.29) is 5.41 Å². The highest BCUT2D eigenvalue weighted by molar-refractivity contribution is 6.06. The predicted molar refractivity (Wildman–Crippen MR) is 199 cm³/mol. The Morgan fingerprint density at radius 3 is 1.87 bits per heavy atom. The van der Waals surface area contributed by atoms with Crippen molar-refractivity contribution in [2.75, 3.05) is 4.90 Å². The standard InChI is InChI=1S/C45H41NO/c1-45(2,3)41-29-35(32-14-6-4-7-15-32)28-40(34-18-8-5-9-19-34)44(41)46(36-24-22-33(23-25-36)31-16-10-11-17-31)37-26-27-39-38-20-12-13-21-42(38)47-43(39)30-37/h4-9,12-15,18-31H,10-11,16-17H2,1-3H3. The van der Waals surface area contributed by atoms with Crippen LogP contribution >= 0.6 is 0 Å². The number of hydrogen-bond acceptors (Lipinski definition) is 2. The number of fused-ring (bicyclic) bond motifs is 3. The predicted octanol–water partition coefficient (Wildman–Crippen LogP) is 13.3. The van der Waals surface area contributed by atoms with Crippen LogP contribution in [0.5, 0.6) is 0 Å². The molecule has 1 saturated carbocycles. The highest BCUT2D eigenvalue weighted by atomic mass is 16.3. The van der Waals surface area contributed by atoms with E-state index in [4.69, 9.17) is 4.42 Å². The van der Waals surface area contributed by atoms with Crippen LogP contribution in [0.15, 0.2) is 144 Å². The van der Waals surface area contributed by atoms with Gasteiger partial charge in [-0.2, -0.15) is 0 Å². The van der Waals surface area contributed by atoms with Crippen LogP contribution in [0.25, 0.3) is 44.2 Å². The smallest absolute Gasteiger partial charge is 0.137 e. The van der Waals surface area contributed by atoms with Gasteiger partial charge in [-0.25, -0.2) is 0 Å². The van der Waals surface area contributed by atoms with Crippen LogP contribution in [0.2, 0.25) is 0 Å². The zero-order valence-corrected chi connectivity index (χ0v) is 27.5. The van der Waals surface area contributed by atoms with Gasteiger partial charge in [-0.1, -0.05) is 125 Å². The first-order chi connectivity index (χ1) is 22.9. The Kier molecular flexibility index (Phi) is 7.45. The van der Waals surface area contributed by atoms with Gasteiger partial charge in [0.15, 0.2) is 0 Å². The Bertz CT molecular complexity index is 2160. The second kappa shape index (κ2) is 11.9. The van der Waals surface area contributed by atoms with Crippen LogP contribution in [-0.4, -0.2) is 0 Å². The van der Waals surface area contributed by atoms with Gasteiger partial charge in [0.1, 0.15) is 11.2 Å². The largest absolute Gasteiger partial charge is 0.456 e. The fraction of sp³-hybridized carbons (Fsp3) is 0.200. The molecule has 1 aliphatic rings. The number of benzene rings is 6. The van der Waals surface area contributed by atoms with Gasteiger partial charge >= 0.3 is 0 Å². The summed E-state index contributed by atoms with van der Waals surface area (Å²) in [4.78, 5) is 2.47. The van der Waals surface area contributed by atoms with Crippen LogP contribution in [0.1, 0.15) is 63.5 Å². The van der Waals surface area contributed by atoms with Crippen molar-refractivity contribution in [1.82, 2.24) is 0 Å². The van der Waals surface area contributed by atoms with Crippen LogP contribution in [-0.2, 0) is 5.41 Å². The van der Waals surface area contributed by atoms with Gasteiger partial charge in [0, 0.05) is 33.8 Å². The molecule has 0 amide bonds. The summed E-state index contributed by atoms with van der Waals surface area (Å²) in [6.07, 6.45) is 5.25. The Balaban J connectivity index is 1.41. The van der Waals surface area contributed by atoms with Crippen LogP contribution in [0, 0.1) is 0 Å². The second-order valence-electron chi connectivity index (χ2n) is 14.1. The Hall–Kier alpha value is -5.08. The molecule has 1 fully saturated rings. The molecule has 0 bridgehead atoms. The summed E-state index contributed by atoms with van der Waals surface area (Å²) in [7, 11) is 0. The van der Waals surface area contributed by atoms with Crippen molar-refractivity contribution in [2.45, 2.75) is 57.8 Å². The molecule has 8 rings (SSSR count). The summed E-state index contributed by atoms with van der Waals surface area (Å²) in [6, 6.07) is 50.9. The van der Waals surface area contributed by atoms with Crippen LogP contribution < -0.4 is 4.90 Å². The number of para-hydroxylation sites is 1. The van der Waals surface area contributed by atoms with E-state index in [0.717, 1.165) is 33.3 Å². The molecule has 6 aromatic carbocycles. The highest BCUT2D eigenvalue weighted by Crippen LogP contribution is 2.49. The molecule has 0 saturated heterocycles. The lowest BCUT2D eigenvalue weighted by Crippen LogP contribution is -2.20. The summed E-state index contributed by atoms with van der Waals surface area (Å²) in [5, 5.41) is 2.29. The van der Waals surface area contributed by atoms with Gasteiger partial charge in [0.25, 0.3) is 0 Å². The van der Waals surface area contributed by atoms with E-state index in [1.807, 2.05) is 6.07 Å². The minimum atomic E-state index is -0.144. The van der Waals surface area contributed by atoms with Gasteiger partial charge in [-0.05, 0) is 94.5 Å². The number of nitrogens with zero attached hydrogens (tertiary/aromatic N) is 1. The summed E-state index contributed by atoms with van der Waals surface area (Å²) in [6.45, 7) is 7.00. The minimum Gasteiger partial charge on any atom is -0.456 e. The molecule has 2 heteroatoms. The van der Waals surface area contributed by atoms with E-state index in [1.165, 1.54) is 64.8 Å². The number of hydrogen-bond donors (Lipinski definition) is 0. The summed E-state index contributed by atoms with van der Waals surface area (Å²) < 4.78 is 6.46. The molecule has 0 spiro atoms. The van der Waals surface area contributed by atoms with Crippen LogP contribution in [0.4, 0.5) is 17.1 Å². The van der Waals surface area contributed by atoms with E-state index in [1.54, 1.807) is 0 Å². The van der Waals surface area contributed by atoms with Gasteiger partial charge in [0.05, 0.1) is 5.69 Å².